The van der Waals surface area contributed by atoms with Gasteiger partial charge in [-0.1, -0.05) is 29.8 Å². The van der Waals surface area contributed by atoms with Gasteiger partial charge >= 0.3 is 0 Å². The zero-order valence-electron chi connectivity index (χ0n) is 11.6. The van der Waals surface area contributed by atoms with Crippen LogP contribution in [-0.2, 0) is 0 Å². The average molecular weight is 311 g/mol. The van der Waals surface area contributed by atoms with Gasteiger partial charge in [-0.3, -0.25) is 0 Å². The van der Waals surface area contributed by atoms with E-state index >= 15 is 0 Å². The van der Waals surface area contributed by atoms with Gasteiger partial charge in [-0.15, -0.1) is 11.6 Å². The van der Waals surface area contributed by atoms with E-state index < -0.39 is 0 Å². The number of ether oxygens (including phenoxy) is 2. The number of halogens is 2. The molecule has 106 valence electrons. The average Bonchev–Trinajstić information content (AvgIpc) is 2.47. The summed E-state index contributed by atoms with van der Waals surface area (Å²) in [6, 6.07) is 11.5. The number of hydrogen-bond acceptors (Lipinski definition) is 2. The Balaban J connectivity index is 2.35. The number of hydrogen-bond donors (Lipinski definition) is 0. The van der Waals surface area contributed by atoms with Crippen LogP contribution in [-0.4, -0.2) is 14.2 Å². The highest BCUT2D eigenvalue weighted by Crippen LogP contribution is 2.35. The summed E-state index contributed by atoms with van der Waals surface area (Å²) >= 11 is 12.7. The van der Waals surface area contributed by atoms with Crippen LogP contribution in [0.2, 0.25) is 5.02 Å². The lowest BCUT2D eigenvalue weighted by Crippen LogP contribution is -1.96. The highest BCUT2D eigenvalue weighted by atomic mass is 35.5. The minimum Gasteiger partial charge on any atom is -0.496 e. The molecule has 0 aliphatic rings. The van der Waals surface area contributed by atoms with E-state index in [0.717, 1.165) is 22.4 Å². The van der Waals surface area contributed by atoms with E-state index in [4.69, 9.17) is 32.7 Å². The van der Waals surface area contributed by atoms with Gasteiger partial charge in [0, 0.05) is 0 Å². The van der Waals surface area contributed by atoms with Crippen LogP contribution >= 0.6 is 23.2 Å². The van der Waals surface area contributed by atoms with Crippen LogP contribution in [0.4, 0.5) is 0 Å². The van der Waals surface area contributed by atoms with Gasteiger partial charge in [-0.25, -0.2) is 0 Å². The molecule has 2 aromatic rings. The van der Waals surface area contributed by atoms with Crippen molar-refractivity contribution in [3.8, 4) is 11.5 Å². The lowest BCUT2D eigenvalue weighted by Gasteiger charge is -2.14. The molecule has 0 saturated carbocycles. The van der Waals surface area contributed by atoms with Crippen LogP contribution < -0.4 is 9.47 Å². The van der Waals surface area contributed by atoms with E-state index in [1.165, 1.54) is 0 Å². The first-order valence-corrected chi connectivity index (χ1v) is 7.00. The standard InChI is InChI=1S/C16H16Cl2O2/c1-10-4-5-12(9-15(10)20-3)16(18)11-6-7-14(19-2)13(17)8-11/h4-9,16H,1-3H3. The molecule has 0 fully saturated rings. The molecule has 0 radical (unpaired) electrons. The van der Waals surface area contributed by atoms with Crippen LogP contribution in [0.5, 0.6) is 11.5 Å². The van der Waals surface area contributed by atoms with Gasteiger partial charge in [0.05, 0.1) is 24.6 Å². The number of alkyl halides is 1. The molecule has 2 nitrogen and oxygen atoms in total. The molecule has 1 unspecified atom stereocenters. The first-order valence-electron chi connectivity index (χ1n) is 6.19. The second-order valence-corrected chi connectivity index (χ2v) is 5.33. The molecule has 0 heterocycles. The Hall–Kier alpha value is -1.38. The van der Waals surface area contributed by atoms with Gasteiger partial charge in [-0.05, 0) is 41.8 Å². The van der Waals surface area contributed by atoms with Gasteiger partial charge in [0.2, 0.25) is 0 Å². The molecule has 0 aliphatic carbocycles. The molecule has 2 rings (SSSR count). The van der Waals surface area contributed by atoms with Gasteiger partial charge in [0.1, 0.15) is 11.5 Å². The Morgan fingerprint density at radius 3 is 2.10 bits per heavy atom. The van der Waals surface area contributed by atoms with Crippen molar-refractivity contribution in [2.45, 2.75) is 12.3 Å². The second kappa shape index (κ2) is 6.38. The van der Waals surface area contributed by atoms with Crippen molar-refractivity contribution in [2.24, 2.45) is 0 Å². The monoisotopic (exact) mass is 310 g/mol. The Kier molecular flexibility index (Phi) is 4.79. The van der Waals surface area contributed by atoms with Crippen LogP contribution in [0.25, 0.3) is 0 Å². The molecule has 2 aromatic carbocycles. The third-order valence-corrected chi connectivity index (χ3v) is 3.99. The number of rotatable bonds is 4. The number of benzene rings is 2. The summed E-state index contributed by atoms with van der Waals surface area (Å²) in [5.74, 6) is 1.47. The molecule has 4 heteroatoms. The molecule has 0 aromatic heterocycles. The number of aryl methyl sites for hydroxylation is 1. The van der Waals surface area contributed by atoms with E-state index in [0.29, 0.717) is 10.8 Å². The van der Waals surface area contributed by atoms with Crippen molar-refractivity contribution >= 4 is 23.2 Å². The first kappa shape index (κ1) is 15.0. The summed E-state index contributed by atoms with van der Waals surface area (Å²) in [7, 11) is 3.24. The predicted octanol–water partition coefficient (Wildman–Crippen LogP) is 4.99. The zero-order valence-corrected chi connectivity index (χ0v) is 13.1. The zero-order chi connectivity index (χ0) is 14.7. The topological polar surface area (TPSA) is 18.5 Å². The van der Waals surface area contributed by atoms with Gasteiger partial charge in [0.25, 0.3) is 0 Å². The molecule has 0 saturated heterocycles. The smallest absolute Gasteiger partial charge is 0.137 e. The van der Waals surface area contributed by atoms with Gasteiger partial charge in [0.15, 0.2) is 0 Å². The van der Waals surface area contributed by atoms with Crippen LogP contribution in [0.15, 0.2) is 36.4 Å². The quantitative estimate of drug-likeness (QED) is 0.740. The highest BCUT2D eigenvalue weighted by molar-refractivity contribution is 6.32. The van der Waals surface area contributed by atoms with Crippen LogP contribution in [0.1, 0.15) is 22.1 Å². The number of methoxy groups -OCH3 is 2. The van der Waals surface area contributed by atoms with Crippen molar-refractivity contribution in [2.75, 3.05) is 14.2 Å². The fourth-order valence-corrected chi connectivity index (χ4v) is 2.56. The lowest BCUT2D eigenvalue weighted by molar-refractivity contribution is 0.411. The molecule has 20 heavy (non-hydrogen) atoms. The maximum atomic E-state index is 6.53. The summed E-state index contributed by atoms with van der Waals surface area (Å²) in [5, 5.41) is 0.266. The molecular formula is C16H16Cl2O2. The summed E-state index contributed by atoms with van der Waals surface area (Å²) in [4.78, 5) is 0. The fraction of sp³-hybridized carbons (Fsp3) is 0.250. The maximum absolute atomic E-state index is 6.53. The van der Waals surface area contributed by atoms with Crippen molar-refractivity contribution in [3.63, 3.8) is 0 Å². The van der Waals surface area contributed by atoms with E-state index in [1.807, 2.05) is 43.3 Å². The van der Waals surface area contributed by atoms with E-state index in [9.17, 15) is 0 Å². The second-order valence-electron chi connectivity index (χ2n) is 4.49. The Bertz CT molecular complexity index is 611. The molecule has 0 N–H and O–H groups in total. The SMILES string of the molecule is COc1cc(C(Cl)c2ccc(OC)c(Cl)c2)ccc1C. The fourth-order valence-electron chi connectivity index (χ4n) is 2.03. The molecule has 1 atom stereocenters. The summed E-state index contributed by atoms with van der Waals surface area (Å²) in [6.45, 7) is 2.00. The Morgan fingerprint density at radius 2 is 1.50 bits per heavy atom. The van der Waals surface area contributed by atoms with E-state index in [1.54, 1.807) is 14.2 Å². The van der Waals surface area contributed by atoms with Crippen molar-refractivity contribution in [1.29, 1.82) is 0 Å². The summed E-state index contributed by atoms with van der Waals surface area (Å²) < 4.78 is 10.5. The van der Waals surface area contributed by atoms with Crippen molar-refractivity contribution in [1.82, 2.24) is 0 Å². The minimum atomic E-state index is -0.284. The maximum Gasteiger partial charge on any atom is 0.137 e. The van der Waals surface area contributed by atoms with Crippen molar-refractivity contribution < 1.29 is 9.47 Å². The summed E-state index contributed by atoms with van der Waals surface area (Å²) in [6.07, 6.45) is 0. The van der Waals surface area contributed by atoms with E-state index in [2.05, 4.69) is 0 Å². The van der Waals surface area contributed by atoms with Crippen LogP contribution in [0.3, 0.4) is 0 Å². The lowest BCUT2D eigenvalue weighted by atomic mass is 10.0. The van der Waals surface area contributed by atoms with Crippen LogP contribution in [0, 0.1) is 6.92 Å². The molecule has 0 aliphatic heterocycles. The Labute approximate surface area is 129 Å². The first-order chi connectivity index (χ1) is 9.56. The summed E-state index contributed by atoms with van der Waals surface area (Å²) in [5.41, 5.74) is 2.96. The largest absolute Gasteiger partial charge is 0.496 e. The van der Waals surface area contributed by atoms with Gasteiger partial charge in [-0.2, -0.15) is 0 Å². The van der Waals surface area contributed by atoms with Gasteiger partial charge < -0.3 is 9.47 Å². The molecule has 0 spiro atoms. The minimum absolute atomic E-state index is 0.284. The van der Waals surface area contributed by atoms with Crippen molar-refractivity contribution in [3.05, 3.63) is 58.1 Å². The molecule has 0 amide bonds. The normalized spacial score (nSPS) is 12.1. The molecule has 0 bridgehead atoms. The predicted molar refractivity (Wildman–Crippen MR) is 83.4 cm³/mol. The molecular weight excluding hydrogens is 295 g/mol. The third kappa shape index (κ3) is 3.02. The highest BCUT2D eigenvalue weighted by Gasteiger charge is 2.14. The Morgan fingerprint density at radius 1 is 0.900 bits per heavy atom. The third-order valence-electron chi connectivity index (χ3n) is 3.19. The van der Waals surface area contributed by atoms with E-state index in [-0.39, 0.29) is 5.38 Å².